The molecular formula is C20H28F3N5. The fraction of sp³-hybridized carbons (Fsp3) is 0.400. The number of nitrogens with one attached hydrogen (secondary N) is 2. The summed E-state index contributed by atoms with van der Waals surface area (Å²) in [6.45, 7) is 3.93. The highest BCUT2D eigenvalue weighted by Gasteiger charge is 2.44. The lowest BCUT2D eigenvalue weighted by molar-refractivity contribution is -0.0930. The molecule has 1 atom stereocenters. The number of hydrazone groups is 1. The number of halogens is 3. The number of hydrogen-bond acceptors (Lipinski definition) is 5. The summed E-state index contributed by atoms with van der Waals surface area (Å²) in [7, 11) is 1.40. The zero-order valence-electron chi connectivity index (χ0n) is 16.0. The van der Waals surface area contributed by atoms with Gasteiger partial charge < -0.3 is 21.5 Å². The maximum atomic E-state index is 14.5. The van der Waals surface area contributed by atoms with E-state index in [-0.39, 0.29) is 18.7 Å². The lowest BCUT2D eigenvalue weighted by Gasteiger charge is -2.38. The molecule has 0 aromatic heterocycles. The van der Waals surface area contributed by atoms with Gasteiger partial charge in [-0.05, 0) is 24.5 Å². The van der Waals surface area contributed by atoms with Gasteiger partial charge >= 0.3 is 0 Å². The minimum absolute atomic E-state index is 0.209. The van der Waals surface area contributed by atoms with E-state index in [1.54, 1.807) is 24.3 Å². The Labute approximate surface area is 164 Å². The summed E-state index contributed by atoms with van der Waals surface area (Å²) in [4.78, 5) is 1.13. The number of alkyl halides is 2. The van der Waals surface area contributed by atoms with E-state index >= 15 is 0 Å². The SMILES string of the molecule is C=C\C=C/C(/C=C\C(F)=C(/N)N(C)C1CCCCC1(F)F)=C\CN/N=C\C=N. The highest BCUT2D eigenvalue weighted by Crippen LogP contribution is 2.37. The molecule has 5 nitrogen and oxygen atoms in total. The smallest absolute Gasteiger partial charge is 0.268 e. The highest BCUT2D eigenvalue weighted by atomic mass is 19.3. The van der Waals surface area contributed by atoms with E-state index < -0.39 is 17.8 Å². The Morgan fingerprint density at radius 3 is 2.75 bits per heavy atom. The van der Waals surface area contributed by atoms with E-state index in [0.29, 0.717) is 25.0 Å². The molecule has 0 aromatic carbocycles. The second-order valence-corrected chi connectivity index (χ2v) is 6.31. The van der Waals surface area contributed by atoms with Gasteiger partial charge in [-0.2, -0.15) is 5.10 Å². The molecule has 28 heavy (non-hydrogen) atoms. The molecule has 0 radical (unpaired) electrons. The lowest BCUT2D eigenvalue weighted by Crippen LogP contribution is -2.49. The summed E-state index contributed by atoms with van der Waals surface area (Å²) < 4.78 is 42.7. The first kappa shape index (κ1) is 23.3. The van der Waals surface area contributed by atoms with Gasteiger partial charge in [0.05, 0.1) is 18.8 Å². The molecule has 0 spiro atoms. The molecule has 0 amide bonds. The van der Waals surface area contributed by atoms with Crippen molar-refractivity contribution in [2.45, 2.75) is 37.6 Å². The number of allylic oxidation sites excluding steroid dienone is 7. The van der Waals surface area contributed by atoms with Crippen LogP contribution in [0.3, 0.4) is 0 Å². The van der Waals surface area contributed by atoms with E-state index in [4.69, 9.17) is 11.1 Å². The molecule has 154 valence electrons. The van der Waals surface area contributed by atoms with Gasteiger partial charge in [0.2, 0.25) is 0 Å². The first-order valence-corrected chi connectivity index (χ1v) is 9.01. The number of rotatable bonds is 10. The Hall–Kier alpha value is -2.77. The van der Waals surface area contributed by atoms with Gasteiger partial charge in [0.25, 0.3) is 5.92 Å². The third kappa shape index (κ3) is 7.46. The Morgan fingerprint density at radius 2 is 2.11 bits per heavy atom. The molecule has 1 saturated carbocycles. The average molecular weight is 395 g/mol. The molecule has 8 heteroatoms. The van der Waals surface area contributed by atoms with E-state index in [1.165, 1.54) is 19.3 Å². The van der Waals surface area contributed by atoms with Gasteiger partial charge in [0.15, 0.2) is 5.83 Å². The first-order chi connectivity index (χ1) is 13.3. The predicted octanol–water partition coefficient (Wildman–Crippen LogP) is 4.04. The Bertz CT molecular complexity index is 677. The fourth-order valence-electron chi connectivity index (χ4n) is 2.82. The lowest BCUT2D eigenvalue weighted by atomic mass is 9.90. The van der Waals surface area contributed by atoms with Crippen LogP contribution in [0.4, 0.5) is 13.2 Å². The summed E-state index contributed by atoms with van der Waals surface area (Å²) in [6.07, 6.45) is 12.8. The monoisotopic (exact) mass is 395 g/mol. The molecular weight excluding hydrogens is 367 g/mol. The van der Waals surface area contributed by atoms with Crippen LogP contribution >= 0.6 is 0 Å². The molecule has 1 aliphatic rings. The highest BCUT2D eigenvalue weighted by molar-refractivity contribution is 6.14. The molecule has 0 heterocycles. The number of nitrogens with zero attached hydrogens (tertiary/aromatic N) is 2. The quantitative estimate of drug-likeness (QED) is 0.226. The fourth-order valence-corrected chi connectivity index (χ4v) is 2.82. The zero-order valence-corrected chi connectivity index (χ0v) is 16.0. The van der Waals surface area contributed by atoms with Crippen molar-refractivity contribution in [3.63, 3.8) is 0 Å². The molecule has 0 bridgehead atoms. The van der Waals surface area contributed by atoms with Crippen molar-refractivity contribution < 1.29 is 13.2 Å². The van der Waals surface area contributed by atoms with Crippen LogP contribution in [0.1, 0.15) is 25.7 Å². The second-order valence-electron chi connectivity index (χ2n) is 6.31. The first-order valence-electron chi connectivity index (χ1n) is 9.01. The van der Waals surface area contributed by atoms with Gasteiger partial charge in [0.1, 0.15) is 5.82 Å². The zero-order chi connectivity index (χ0) is 21.0. The third-order valence-corrected chi connectivity index (χ3v) is 4.33. The van der Waals surface area contributed by atoms with Crippen LogP contribution in [-0.2, 0) is 0 Å². The standard InChI is InChI=1S/C20H28F3N5/c1-3-4-7-16(11-14-26-27-15-13-24)9-10-17(21)19(25)28(2)18-8-5-6-12-20(18,22)23/h3-4,7,9-11,13,15,18,24,26H,1,5-6,8,12,14,25H2,2H3/b7-4-,10-9-,16-11+,19-17-,24-13?,27-15-. The molecule has 4 N–H and O–H groups in total. The van der Waals surface area contributed by atoms with Crippen LogP contribution in [0, 0.1) is 5.41 Å². The van der Waals surface area contributed by atoms with Gasteiger partial charge in [-0.25, -0.2) is 13.2 Å². The van der Waals surface area contributed by atoms with E-state index in [2.05, 4.69) is 17.1 Å². The minimum atomic E-state index is -2.89. The number of hydrogen-bond donors (Lipinski definition) is 3. The molecule has 0 aromatic rings. The molecule has 1 fully saturated rings. The second kappa shape index (κ2) is 11.8. The normalized spacial score (nSPS) is 21.1. The van der Waals surface area contributed by atoms with Gasteiger partial charge in [0, 0.05) is 19.7 Å². The number of nitrogens with two attached hydrogens (primary N) is 1. The van der Waals surface area contributed by atoms with Crippen LogP contribution in [0.5, 0.6) is 0 Å². The van der Waals surface area contributed by atoms with E-state index in [0.717, 1.165) is 17.2 Å². The minimum Gasteiger partial charge on any atom is -0.383 e. The van der Waals surface area contributed by atoms with Crippen molar-refractivity contribution in [2.24, 2.45) is 10.8 Å². The Balaban J connectivity index is 2.91. The molecule has 1 unspecified atom stereocenters. The Kier molecular flexibility index (Phi) is 9.84. The third-order valence-electron chi connectivity index (χ3n) is 4.33. The van der Waals surface area contributed by atoms with Crippen molar-refractivity contribution in [3.8, 4) is 0 Å². The Morgan fingerprint density at radius 1 is 1.36 bits per heavy atom. The summed E-state index contributed by atoms with van der Waals surface area (Å²) >= 11 is 0. The molecule has 0 saturated heterocycles. The van der Waals surface area contributed by atoms with Crippen molar-refractivity contribution in [3.05, 3.63) is 60.3 Å². The van der Waals surface area contributed by atoms with Crippen molar-refractivity contribution in [2.75, 3.05) is 13.6 Å². The topological polar surface area (TPSA) is 77.5 Å². The van der Waals surface area contributed by atoms with Crippen LogP contribution in [0.2, 0.25) is 0 Å². The van der Waals surface area contributed by atoms with Crippen molar-refractivity contribution >= 4 is 12.4 Å². The summed E-state index contributed by atoms with van der Waals surface area (Å²) in [5, 5.41) is 10.6. The average Bonchev–Trinajstić information content (AvgIpc) is 2.67. The van der Waals surface area contributed by atoms with Crippen LogP contribution in [0.25, 0.3) is 0 Å². The van der Waals surface area contributed by atoms with Crippen LogP contribution in [0.15, 0.2) is 65.4 Å². The molecule has 0 aliphatic heterocycles. The molecule has 1 rings (SSSR count). The summed E-state index contributed by atoms with van der Waals surface area (Å²) in [6, 6.07) is -1.10. The largest absolute Gasteiger partial charge is 0.383 e. The van der Waals surface area contributed by atoms with E-state index in [1.807, 2.05) is 0 Å². The summed E-state index contributed by atoms with van der Waals surface area (Å²) in [5.41, 5.74) is 9.14. The van der Waals surface area contributed by atoms with Crippen molar-refractivity contribution in [1.29, 1.82) is 5.41 Å². The van der Waals surface area contributed by atoms with Gasteiger partial charge in [-0.1, -0.05) is 43.4 Å². The van der Waals surface area contributed by atoms with Crippen molar-refractivity contribution in [1.82, 2.24) is 10.3 Å². The maximum Gasteiger partial charge on any atom is 0.268 e. The van der Waals surface area contributed by atoms with Crippen LogP contribution < -0.4 is 11.2 Å². The molecule has 1 aliphatic carbocycles. The van der Waals surface area contributed by atoms with Gasteiger partial charge in [-0.3, -0.25) is 0 Å². The maximum absolute atomic E-state index is 14.5. The van der Waals surface area contributed by atoms with E-state index in [9.17, 15) is 13.2 Å². The van der Waals surface area contributed by atoms with Crippen LogP contribution in [-0.4, -0.2) is 42.9 Å². The predicted molar refractivity (Wildman–Crippen MR) is 109 cm³/mol. The summed E-state index contributed by atoms with van der Waals surface area (Å²) in [5.74, 6) is -3.98. The van der Waals surface area contributed by atoms with Gasteiger partial charge in [-0.15, -0.1) is 0 Å².